The molecule has 0 aliphatic heterocycles. The Hall–Kier alpha value is -1.90. The van der Waals surface area contributed by atoms with Gasteiger partial charge < -0.3 is 10.6 Å². The third-order valence-electron chi connectivity index (χ3n) is 3.87. The van der Waals surface area contributed by atoms with Crippen molar-refractivity contribution < 1.29 is 8.42 Å². The molecule has 0 aliphatic carbocycles. The van der Waals surface area contributed by atoms with Gasteiger partial charge in [-0.25, -0.2) is 13.1 Å². The molecular formula is C19H28N4O2S2. The zero-order valence-corrected chi connectivity index (χ0v) is 17.4. The SMILES string of the molecule is CCNC(=NCCNS(=O)(=O)c1cccs1)NC(C)CCc1ccccc1. The fourth-order valence-corrected chi connectivity index (χ4v) is 4.55. The van der Waals surface area contributed by atoms with E-state index in [1.165, 1.54) is 16.9 Å². The van der Waals surface area contributed by atoms with E-state index in [9.17, 15) is 8.42 Å². The number of nitrogens with zero attached hydrogens (tertiary/aromatic N) is 1. The Bertz CT molecular complexity index is 790. The molecular weight excluding hydrogens is 380 g/mol. The number of rotatable bonds is 10. The molecule has 3 N–H and O–H groups in total. The minimum atomic E-state index is -3.43. The summed E-state index contributed by atoms with van der Waals surface area (Å²) in [6, 6.07) is 14.0. The van der Waals surface area contributed by atoms with Crippen LogP contribution in [0.25, 0.3) is 0 Å². The van der Waals surface area contributed by atoms with E-state index < -0.39 is 10.0 Å². The van der Waals surface area contributed by atoms with Crippen molar-refractivity contribution >= 4 is 27.3 Å². The summed E-state index contributed by atoms with van der Waals surface area (Å²) < 4.78 is 27.1. The highest BCUT2D eigenvalue weighted by Gasteiger charge is 2.13. The van der Waals surface area contributed by atoms with E-state index in [0.717, 1.165) is 19.4 Å². The van der Waals surface area contributed by atoms with Gasteiger partial charge in [0.15, 0.2) is 5.96 Å². The first-order valence-corrected chi connectivity index (χ1v) is 11.5. The summed E-state index contributed by atoms with van der Waals surface area (Å²) in [6.07, 6.45) is 1.98. The molecule has 2 rings (SSSR count). The summed E-state index contributed by atoms with van der Waals surface area (Å²) >= 11 is 1.20. The summed E-state index contributed by atoms with van der Waals surface area (Å²) in [5, 5.41) is 8.32. The molecule has 1 heterocycles. The quantitative estimate of drug-likeness (QED) is 0.321. The Morgan fingerprint density at radius 1 is 1.19 bits per heavy atom. The number of guanidine groups is 1. The molecule has 0 spiro atoms. The van der Waals surface area contributed by atoms with Crippen LogP contribution >= 0.6 is 11.3 Å². The molecule has 27 heavy (non-hydrogen) atoms. The molecule has 148 valence electrons. The molecule has 0 radical (unpaired) electrons. The number of hydrogen-bond donors (Lipinski definition) is 3. The number of nitrogens with one attached hydrogen (secondary N) is 3. The van der Waals surface area contributed by atoms with E-state index in [4.69, 9.17) is 0 Å². The van der Waals surface area contributed by atoms with E-state index in [1.807, 2.05) is 13.0 Å². The summed E-state index contributed by atoms with van der Waals surface area (Å²) in [4.78, 5) is 4.46. The molecule has 1 unspecified atom stereocenters. The number of sulfonamides is 1. The van der Waals surface area contributed by atoms with Crippen LogP contribution < -0.4 is 15.4 Å². The summed E-state index contributed by atoms with van der Waals surface area (Å²) in [5.41, 5.74) is 1.32. The lowest BCUT2D eigenvalue weighted by atomic mass is 10.1. The van der Waals surface area contributed by atoms with Crippen LogP contribution in [0, 0.1) is 0 Å². The molecule has 0 saturated heterocycles. The standard InChI is InChI=1S/C19H28N4O2S2/c1-3-20-19(23-16(2)11-12-17-8-5-4-6-9-17)21-13-14-22-27(24,25)18-10-7-15-26-18/h4-10,15-16,22H,3,11-14H2,1-2H3,(H2,20,21,23). The molecule has 6 nitrogen and oxygen atoms in total. The van der Waals surface area contributed by atoms with Gasteiger partial charge in [0.25, 0.3) is 0 Å². The largest absolute Gasteiger partial charge is 0.357 e. The third-order valence-corrected chi connectivity index (χ3v) is 6.73. The molecule has 1 atom stereocenters. The molecule has 0 bridgehead atoms. The Morgan fingerprint density at radius 3 is 2.63 bits per heavy atom. The maximum atomic E-state index is 12.1. The Morgan fingerprint density at radius 2 is 1.96 bits per heavy atom. The molecule has 8 heteroatoms. The van der Waals surface area contributed by atoms with Crippen molar-refractivity contribution in [1.29, 1.82) is 0 Å². The van der Waals surface area contributed by atoms with Crippen LogP contribution in [0.1, 0.15) is 25.8 Å². The summed E-state index contributed by atoms with van der Waals surface area (Å²) in [7, 11) is -3.43. The van der Waals surface area contributed by atoms with Crippen molar-refractivity contribution in [3.8, 4) is 0 Å². The number of thiophene rings is 1. The summed E-state index contributed by atoms with van der Waals surface area (Å²) in [6.45, 7) is 5.50. The number of hydrogen-bond acceptors (Lipinski definition) is 4. The maximum absolute atomic E-state index is 12.1. The smallest absolute Gasteiger partial charge is 0.250 e. The van der Waals surface area contributed by atoms with Gasteiger partial charge in [0.2, 0.25) is 10.0 Å². The lowest BCUT2D eigenvalue weighted by Crippen LogP contribution is -2.42. The van der Waals surface area contributed by atoms with Crippen LogP contribution in [-0.4, -0.2) is 40.1 Å². The van der Waals surface area contributed by atoms with E-state index in [-0.39, 0.29) is 12.6 Å². The molecule has 1 aromatic heterocycles. The van der Waals surface area contributed by atoms with Crippen molar-refractivity contribution in [1.82, 2.24) is 15.4 Å². The van der Waals surface area contributed by atoms with Gasteiger partial charge in [-0.1, -0.05) is 36.4 Å². The van der Waals surface area contributed by atoms with E-state index in [0.29, 0.717) is 16.7 Å². The third kappa shape index (κ3) is 7.70. The van der Waals surface area contributed by atoms with Gasteiger partial charge in [0.1, 0.15) is 4.21 Å². The topological polar surface area (TPSA) is 82.6 Å². The van der Waals surface area contributed by atoms with Crippen LogP contribution in [0.4, 0.5) is 0 Å². The molecule has 2 aromatic rings. The van der Waals surface area contributed by atoms with E-state index in [2.05, 4.69) is 51.5 Å². The predicted molar refractivity (Wildman–Crippen MR) is 113 cm³/mol. The fourth-order valence-electron chi connectivity index (χ4n) is 2.49. The fraction of sp³-hybridized carbons (Fsp3) is 0.421. The zero-order chi connectivity index (χ0) is 19.5. The number of aryl methyl sites for hydroxylation is 1. The average Bonchev–Trinajstić information content (AvgIpc) is 3.20. The molecule has 0 aliphatic rings. The predicted octanol–water partition coefficient (Wildman–Crippen LogP) is 2.60. The Balaban J connectivity index is 1.79. The molecule has 0 amide bonds. The van der Waals surface area contributed by atoms with Crippen molar-refractivity contribution in [3.63, 3.8) is 0 Å². The van der Waals surface area contributed by atoms with Gasteiger partial charge in [-0.2, -0.15) is 0 Å². The molecule has 1 aromatic carbocycles. The summed E-state index contributed by atoms with van der Waals surface area (Å²) in [5.74, 6) is 0.702. The van der Waals surface area contributed by atoms with Gasteiger partial charge in [-0.15, -0.1) is 11.3 Å². The molecule has 0 saturated carbocycles. The highest BCUT2D eigenvalue weighted by atomic mass is 32.2. The van der Waals surface area contributed by atoms with Crippen molar-refractivity contribution in [2.75, 3.05) is 19.6 Å². The zero-order valence-electron chi connectivity index (χ0n) is 15.8. The number of aliphatic imine (C=N–C) groups is 1. The van der Waals surface area contributed by atoms with Crippen LogP contribution in [0.2, 0.25) is 0 Å². The van der Waals surface area contributed by atoms with Crippen LogP contribution in [0.3, 0.4) is 0 Å². The van der Waals surface area contributed by atoms with Gasteiger partial charge in [-0.05, 0) is 43.7 Å². The highest BCUT2D eigenvalue weighted by Crippen LogP contribution is 2.14. The Labute approximate surface area is 166 Å². The van der Waals surface area contributed by atoms with Gasteiger partial charge in [0, 0.05) is 19.1 Å². The van der Waals surface area contributed by atoms with E-state index >= 15 is 0 Å². The number of benzene rings is 1. The first-order chi connectivity index (χ1) is 13.0. The minimum absolute atomic E-state index is 0.255. The lowest BCUT2D eigenvalue weighted by Gasteiger charge is -2.18. The van der Waals surface area contributed by atoms with Crippen molar-refractivity contribution in [3.05, 3.63) is 53.4 Å². The second-order valence-electron chi connectivity index (χ2n) is 6.16. The molecule has 0 fully saturated rings. The van der Waals surface area contributed by atoms with Crippen LogP contribution in [0.15, 0.2) is 57.0 Å². The maximum Gasteiger partial charge on any atom is 0.250 e. The van der Waals surface area contributed by atoms with E-state index in [1.54, 1.807) is 17.5 Å². The van der Waals surface area contributed by atoms with Crippen LogP contribution in [-0.2, 0) is 16.4 Å². The minimum Gasteiger partial charge on any atom is -0.357 e. The first kappa shape index (κ1) is 21.4. The van der Waals surface area contributed by atoms with Gasteiger partial charge in [0.05, 0.1) is 6.54 Å². The average molecular weight is 409 g/mol. The lowest BCUT2D eigenvalue weighted by molar-refractivity contribution is 0.582. The second-order valence-corrected chi connectivity index (χ2v) is 9.10. The van der Waals surface area contributed by atoms with Crippen LogP contribution in [0.5, 0.6) is 0 Å². The monoisotopic (exact) mass is 408 g/mol. The van der Waals surface area contributed by atoms with Crippen molar-refractivity contribution in [2.45, 2.75) is 36.9 Å². The van der Waals surface area contributed by atoms with Gasteiger partial charge in [-0.3, -0.25) is 4.99 Å². The second kappa shape index (κ2) is 11.1. The normalized spacial score (nSPS) is 13.3. The van der Waals surface area contributed by atoms with Crippen molar-refractivity contribution in [2.24, 2.45) is 4.99 Å². The Kier molecular flexibility index (Phi) is 8.77. The van der Waals surface area contributed by atoms with Gasteiger partial charge >= 0.3 is 0 Å². The highest BCUT2D eigenvalue weighted by molar-refractivity contribution is 7.91. The first-order valence-electron chi connectivity index (χ1n) is 9.13.